The molecule has 1 aliphatic rings. The summed E-state index contributed by atoms with van der Waals surface area (Å²) in [4.78, 5) is 32.2. The molecule has 0 fully saturated rings. The first-order valence-corrected chi connectivity index (χ1v) is 10.9. The Morgan fingerprint density at radius 1 is 1.03 bits per heavy atom. The van der Waals surface area contributed by atoms with Crippen LogP contribution in [0.5, 0.6) is 0 Å². The average molecular weight is 476 g/mol. The quantitative estimate of drug-likeness (QED) is 0.460. The molecule has 0 spiro atoms. The summed E-state index contributed by atoms with van der Waals surface area (Å²) in [6.45, 7) is 2.49. The van der Waals surface area contributed by atoms with Gasteiger partial charge in [0.15, 0.2) is 0 Å². The average Bonchev–Trinajstić information content (AvgIpc) is 3.19. The fourth-order valence-corrected chi connectivity index (χ4v) is 4.21. The van der Waals surface area contributed by atoms with Crippen molar-refractivity contribution in [1.82, 2.24) is 14.8 Å². The number of aromatic nitrogens is 3. The Labute approximate surface area is 199 Å². The summed E-state index contributed by atoms with van der Waals surface area (Å²) in [6.07, 6.45) is 3.37. The van der Waals surface area contributed by atoms with Gasteiger partial charge in [0.05, 0.1) is 40.8 Å². The van der Waals surface area contributed by atoms with Crippen LogP contribution in [0, 0.1) is 12.7 Å². The van der Waals surface area contributed by atoms with E-state index in [4.69, 9.17) is 11.6 Å². The van der Waals surface area contributed by atoms with Crippen LogP contribution < -0.4 is 10.2 Å². The molecule has 0 bridgehead atoms. The van der Waals surface area contributed by atoms with E-state index < -0.39 is 11.7 Å². The number of anilines is 2. The number of nitrogens with one attached hydrogen (secondary N) is 1. The number of rotatable bonds is 3. The summed E-state index contributed by atoms with van der Waals surface area (Å²) in [7, 11) is 0. The summed E-state index contributed by atoms with van der Waals surface area (Å²) < 4.78 is 15.4. The highest BCUT2D eigenvalue weighted by atomic mass is 35.5. The lowest BCUT2D eigenvalue weighted by Crippen LogP contribution is -2.31. The predicted octanol–water partition coefficient (Wildman–Crippen LogP) is 4.84. The molecule has 0 unspecified atom stereocenters. The van der Waals surface area contributed by atoms with E-state index in [0.717, 1.165) is 11.4 Å². The lowest BCUT2D eigenvalue weighted by Gasteiger charge is -2.23. The Kier molecular flexibility index (Phi) is 5.59. The number of hydrogen-bond donors (Lipinski definition) is 1. The zero-order valence-corrected chi connectivity index (χ0v) is 18.9. The maximum absolute atomic E-state index is 13.6. The van der Waals surface area contributed by atoms with Crippen LogP contribution >= 0.6 is 11.6 Å². The number of carbonyl (C=O) groups is 2. The number of hydrogen-bond acceptors (Lipinski definition) is 4. The highest BCUT2D eigenvalue weighted by molar-refractivity contribution is 6.35. The van der Waals surface area contributed by atoms with Gasteiger partial charge in [0.25, 0.3) is 11.8 Å². The zero-order chi connectivity index (χ0) is 23.8. The van der Waals surface area contributed by atoms with E-state index in [1.165, 1.54) is 18.2 Å². The predicted molar refractivity (Wildman–Crippen MR) is 127 cm³/mol. The molecule has 0 radical (unpaired) electrons. The first-order valence-electron chi connectivity index (χ1n) is 10.5. The van der Waals surface area contributed by atoms with Crippen LogP contribution in [-0.4, -0.2) is 26.6 Å². The van der Waals surface area contributed by atoms with Crippen LogP contribution in [0.2, 0.25) is 5.02 Å². The molecule has 3 heterocycles. The third-order valence-electron chi connectivity index (χ3n) is 5.73. The van der Waals surface area contributed by atoms with Crippen LogP contribution in [-0.2, 0) is 13.1 Å². The van der Waals surface area contributed by atoms with Crippen molar-refractivity contribution in [3.8, 4) is 0 Å². The van der Waals surface area contributed by atoms with E-state index in [1.807, 2.05) is 16.8 Å². The number of halogens is 2. The lowest BCUT2D eigenvalue weighted by atomic mass is 10.1. The van der Waals surface area contributed by atoms with Gasteiger partial charge in [-0.2, -0.15) is 5.10 Å². The molecule has 2 aromatic carbocycles. The van der Waals surface area contributed by atoms with Crippen molar-refractivity contribution in [3.05, 3.63) is 106 Å². The smallest absolute Gasteiger partial charge is 0.260 e. The van der Waals surface area contributed by atoms with Crippen molar-refractivity contribution in [1.29, 1.82) is 0 Å². The van der Waals surface area contributed by atoms with Gasteiger partial charge in [-0.05, 0) is 61.0 Å². The second-order valence-corrected chi connectivity index (χ2v) is 8.36. The molecular weight excluding hydrogens is 457 g/mol. The molecule has 7 nitrogen and oxygen atoms in total. The molecular formula is C25H19ClFN5O2. The number of carbonyl (C=O) groups excluding carboxylic acids is 2. The molecule has 1 N–H and O–H groups in total. The summed E-state index contributed by atoms with van der Waals surface area (Å²) in [5, 5.41) is 7.22. The van der Waals surface area contributed by atoms with Gasteiger partial charge in [0, 0.05) is 23.6 Å². The Morgan fingerprint density at radius 3 is 2.71 bits per heavy atom. The Hall–Kier alpha value is -4.04. The molecule has 34 heavy (non-hydrogen) atoms. The largest absolute Gasteiger partial charge is 0.322 e. The molecule has 170 valence electrons. The van der Waals surface area contributed by atoms with Gasteiger partial charge in [-0.15, -0.1) is 0 Å². The van der Waals surface area contributed by atoms with E-state index >= 15 is 0 Å². The van der Waals surface area contributed by atoms with Crippen LogP contribution in [0.3, 0.4) is 0 Å². The molecule has 0 aliphatic carbocycles. The van der Waals surface area contributed by atoms with E-state index in [-0.39, 0.29) is 22.1 Å². The molecule has 2 aromatic heterocycles. The normalized spacial score (nSPS) is 12.5. The Balaban J connectivity index is 1.43. The fraction of sp³-hybridized carbons (Fsp3) is 0.120. The first-order chi connectivity index (χ1) is 16.4. The number of fused-ring (bicyclic) bond motifs is 2. The number of amides is 2. The summed E-state index contributed by atoms with van der Waals surface area (Å²) in [5.74, 6) is -1.26. The van der Waals surface area contributed by atoms with Crippen molar-refractivity contribution in [3.63, 3.8) is 0 Å². The summed E-state index contributed by atoms with van der Waals surface area (Å²) in [5.41, 5.74) is 3.83. The number of nitrogens with zero attached hydrogens (tertiary/aromatic N) is 4. The van der Waals surface area contributed by atoms with E-state index in [9.17, 15) is 14.0 Å². The highest BCUT2D eigenvalue weighted by Gasteiger charge is 2.27. The standard InChI is InChI=1S/C25H19ClFN5O2/c1-15-4-5-16(27)11-20(15)24(33)30-17-6-7-19(21(26)12-17)25(34)31-13-18-8-10-29-32(18)14-22-23(31)3-2-9-28-22/h2-12H,13-14H2,1H3,(H,30,33). The molecule has 2 amide bonds. The number of pyridine rings is 1. The third kappa shape index (κ3) is 4.04. The zero-order valence-electron chi connectivity index (χ0n) is 18.1. The van der Waals surface area contributed by atoms with Gasteiger partial charge in [0.2, 0.25) is 0 Å². The second-order valence-electron chi connectivity index (χ2n) is 7.95. The minimum absolute atomic E-state index is 0.182. The van der Waals surface area contributed by atoms with E-state index in [2.05, 4.69) is 15.4 Å². The number of benzene rings is 2. The SMILES string of the molecule is Cc1ccc(F)cc1C(=O)Nc1ccc(C(=O)N2Cc3ccnn3Cc3ncccc32)c(Cl)c1. The van der Waals surface area contributed by atoms with Crippen LogP contribution in [0.1, 0.15) is 37.7 Å². The van der Waals surface area contributed by atoms with Gasteiger partial charge in [-0.1, -0.05) is 17.7 Å². The van der Waals surface area contributed by atoms with Crippen LogP contribution in [0.25, 0.3) is 0 Å². The van der Waals surface area contributed by atoms with Crippen molar-refractivity contribution >= 4 is 34.8 Å². The molecule has 1 aliphatic heterocycles. The van der Waals surface area contributed by atoms with Crippen molar-refractivity contribution in [2.24, 2.45) is 0 Å². The monoisotopic (exact) mass is 475 g/mol. The Morgan fingerprint density at radius 2 is 1.88 bits per heavy atom. The first kappa shape index (κ1) is 21.8. The highest BCUT2D eigenvalue weighted by Crippen LogP contribution is 2.30. The van der Waals surface area contributed by atoms with Crippen molar-refractivity contribution in [2.45, 2.75) is 20.0 Å². The van der Waals surface area contributed by atoms with Gasteiger partial charge >= 0.3 is 0 Å². The van der Waals surface area contributed by atoms with E-state index in [1.54, 1.807) is 48.5 Å². The molecule has 0 atom stereocenters. The summed E-state index contributed by atoms with van der Waals surface area (Å²) >= 11 is 6.48. The summed E-state index contributed by atoms with van der Waals surface area (Å²) in [6, 6.07) is 14.2. The second kappa shape index (κ2) is 8.72. The van der Waals surface area contributed by atoms with Gasteiger partial charge < -0.3 is 10.2 Å². The molecule has 4 aromatic rings. The topological polar surface area (TPSA) is 80.1 Å². The minimum Gasteiger partial charge on any atom is -0.322 e. The molecule has 5 rings (SSSR count). The van der Waals surface area contributed by atoms with Gasteiger partial charge in [-0.25, -0.2) is 4.39 Å². The molecule has 0 saturated carbocycles. The van der Waals surface area contributed by atoms with Gasteiger partial charge in [0.1, 0.15) is 5.82 Å². The van der Waals surface area contributed by atoms with Crippen LogP contribution in [0.15, 0.2) is 67.0 Å². The van der Waals surface area contributed by atoms with Crippen LogP contribution in [0.4, 0.5) is 15.8 Å². The number of aryl methyl sites for hydroxylation is 1. The van der Waals surface area contributed by atoms with Gasteiger partial charge in [-0.3, -0.25) is 19.3 Å². The Bertz CT molecular complexity index is 1430. The molecule has 0 saturated heterocycles. The third-order valence-corrected chi connectivity index (χ3v) is 6.04. The maximum atomic E-state index is 13.6. The minimum atomic E-state index is -0.497. The fourth-order valence-electron chi connectivity index (χ4n) is 3.95. The lowest BCUT2D eigenvalue weighted by molar-refractivity contribution is 0.0983. The maximum Gasteiger partial charge on any atom is 0.260 e. The van der Waals surface area contributed by atoms with Crippen molar-refractivity contribution in [2.75, 3.05) is 10.2 Å². The van der Waals surface area contributed by atoms with E-state index in [0.29, 0.717) is 30.0 Å². The van der Waals surface area contributed by atoms with Crippen molar-refractivity contribution < 1.29 is 14.0 Å². The molecule has 9 heteroatoms.